The van der Waals surface area contributed by atoms with Crippen LogP contribution in [-0.4, -0.2) is 42.1 Å². The summed E-state index contributed by atoms with van der Waals surface area (Å²) in [5, 5.41) is 13.2. The van der Waals surface area contributed by atoms with Crippen LogP contribution >= 0.6 is 0 Å². The fourth-order valence-electron chi connectivity index (χ4n) is 1.62. The Hall–Kier alpha value is -0.580. The number of hydrogen-bond acceptors (Lipinski definition) is 4. The molecule has 1 fully saturated rings. The second kappa shape index (κ2) is 3.05. The van der Waals surface area contributed by atoms with Gasteiger partial charge in [-0.05, 0) is 6.08 Å². The zero-order valence-electron chi connectivity index (χ0n) is 6.99. The molecule has 2 N–H and O–H groups in total. The van der Waals surface area contributed by atoms with Gasteiger partial charge in [-0.1, -0.05) is 0 Å². The third-order valence-electron chi connectivity index (χ3n) is 2.35. The molecule has 2 aliphatic heterocycles. The molecule has 12 heavy (non-hydrogen) atoms. The molecular weight excluding hydrogens is 156 g/mol. The molecule has 2 heterocycles. The van der Waals surface area contributed by atoms with Gasteiger partial charge in [0, 0.05) is 26.2 Å². The maximum absolute atomic E-state index is 9.93. The van der Waals surface area contributed by atoms with E-state index in [1.54, 1.807) is 6.26 Å². The first-order valence-corrected chi connectivity index (χ1v) is 4.32. The lowest BCUT2D eigenvalue weighted by molar-refractivity contribution is -0.256. The first-order chi connectivity index (χ1) is 5.81. The Bertz CT molecular complexity index is 179. The van der Waals surface area contributed by atoms with Crippen LogP contribution < -0.4 is 5.32 Å². The van der Waals surface area contributed by atoms with Crippen molar-refractivity contribution in [1.29, 1.82) is 0 Å². The molecule has 0 aliphatic carbocycles. The van der Waals surface area contributed by atoms with Crippen molar-refractivity contribution in [3.05, 3.63) is 12.3 Å². The summed E-state index contributed by atoms with van der Waals surface area (Å²) in [6, 6.07) is 0. The molecule has 0 amide bonds. The quantitative estimate of drug-likeness (QED) is 0.555. The van der Waals surface area contributed by atoms with E-state index in [0.717, 1.165) is 26.2 Å². The van der Waals surface area contributed by atoms with Crippen LogP contribution in [0, 0.1) is 0 Å². The van der Waals surface area contributed by atoms with Crippen molar-refractivity contribution in [2.45, 2.75) is 12.3 Å². The molecule has 1 atom stereocenters. The van der Waals surface area contributed by atoms with E-state index in [2.05, 4.69) is 5.32 Å². The van der Waals surface area contributed by atoms with Gasteiger partial charge in [0.15, 0.2) is 0 Å². The summed E-state index contributed by atoms with van der Waals surface area (Å²) in [4.78, 5) is 1.96. The fraction of sp³-hybridized carbons (Fsp3) is 0.750. The number of piperazine rings is 1. The van der Waals surface area contributed by atoms with E-state index in [4.69, 9.17) is 4.74 Å². The molecule has 1 saturated heterocycles. The minimum atomic E-state index is -1.05. The second-order valence-corrected chi connectivity index (χ2v) is 3.17. The zero-order valence-corrected chi connectivity index (χ0v) is 6.99. The lowest BCUT2D eigenvalue weighted by Crippen LogP contribution is -2.56. The van der Waals surface area contributed by atoms with Crippen molar-refractivity contribution in [2.24, 2.45) is 0 Å². The maximum Gasteiger partial charge on any atom is 0.273 e. The molecule has 2 rings (SSSR count). The number of nitrogens with zero attached hydrogens (tertiary/aromatic N) is 1. The summed E-state index contributed by atoms with van der Waals surface area (Å²) in [5.41, 5.74) is 0. The second-order valence-electron chi connectivity index (χ2n) is 3.17. The van der Waals surface area contributed by atoms with Crippen LogP contribution in [0.5, 0.6) is 0 Å². The maximum atomic E-state index is 9.93. The molecule has 0 bridgehead atoms. The molecule has 0 aromatic carbocycles. The van der Waals surface area contributed by atoms with Gasteiger partial charge in [-0.2, -0.15) is 0 Å². The highest BCUT2D eigenvalue weighted by molar-refractivity contribution is 4.92. The number of nitrogens with one attached hydrogen (secondary N) is 1. The molecule has 0 aromatic rings. The van der Waals surface area contributed by atoms with E-state index < -0.39 is 5.91 Å². The molecule has 0 radical (unpaired) electrons. The van der Waals surface area contributed by atoms with Gasteiger partial charge in [-0.3, -0.25) is 0 Å². The molecule has 0 unspecified atom stereocenters. The highest BCUT2D eigenvalue weighted by Crippen LogP contribution is 2.24. The smallest absolute Gasteiger partial charge is 0.273 e. The predicted molar refractivity (Wildman–Crippen MR) is 44.2 cm³/mol. The van der Waals surface area contributed by atoms with Crippen LogP contribution in [0.3, 0.4) is 0 Å². The summed E-state index contributed by atoms with van der Waals surface area (Å²) in [7, 11) is 0. The SMILES string of the molecule is O[C@@]1(N2CCNCC2)CC=CO1. The van der Waals surface area contributed by atoms with E-state index >= 15 is 0 Å². The molecular formula is C8H14N2O2. The Morgan fingerprint density at radius 2 is 2.17 bits per heavy atom. The van der Waals surface area contributed by atoms with Crippen LogP contribution in [0.1, 0.15) is 6.42 Å². The number of aliphatic hydroxyl groups is 1. The molecule has 0 saturated carbocycles. The Morgan fingerprint density at radius 1 is 1.42 bits per heavy atom. The highest BCUT2D eigenvalue weighted by atomic mass is 16.6. The van der Waals surface area contributed by atoms with E-state index in [9.17, 15) is 5.11 Å². The number of ether oxygens (including phenoxy) is 1. The van der Waals surface area contributed by atoms with Gasteiger partial charge < -0.3 is 15.2 Å². The van der Waals surface area contributed by atoms with Gasteiger partial charge in [0.1, 0.15) is 0 Å². The van der Waals surface area contributed by atoms with Gasteiger partial charge >= 0.3 is 0 Å². The highest BCUT2D eigenvalue weighted by Gasteiger charge is 2.37. The largest absolute Gasteiger partial charge is 0.457 e. The summed E-state index contributed by atoms with van der Waals surface area (Å²) in [5.74, 6) is -1.05. The molecule has 68 valence electrons. The minimum Gasteiger partial charge on any atom is -0.457 e. The summed E-state index contributed by atoms with van der Waals surface area (Å²) >= 11 is 0. The molecule has 4 nitrogen and oxygen atoms in total. The van der Waals surface area contributed by atoms with E-state index in [1.807, 2.05) is 11.0 Å². The van der Waals surface area contributed by atoms with Gasteiger partial charge in [0.25, 0.3) is 5.91 Å². The third kappa shape index (κ3) is 1.33. The fourth-order valence-corrected chi connectivity index (χ4v) is 1.62. The summed E-state index contributed by atoms with van der Waals surface area (Å²) in [6.45, 7) is 3.54. The van der Waals surface area contributed by atoms with Crippen LogP contribution in [0.15, 0.2) is 12.3 Å². The molecule has 0 aromatic heterocycles. The van der Waals surface area contributed by atoms with Crippen molar-refractivity contribution in [3.63, 3.8) is 0 Å². The normalized spacial score (nSPS) is 36.8. The van der Waals surface area contributed by atoms with Gasteiger partial charge in [-0.25, -0.2) is 4.90 Å². The predicted octanol–water partition coefficient (Wildman–Crippen LogP) is -0.528. The average Bonchev–Trinajstić information content (AvgIpc) is 2.55. The molecule has 0 spiro atoms. The summed E-state index contributed by atoms with van der Waals surface area (Å²) in [6.07, 6.45) is 4.00. The Balaban J connectivity index is 1.97. The van der Waals surface area contributed by atoms with E-state index in [1.165, 1.54) is 0 Å². The standard InChI is InChI=1S/C8H14N2O2/c11-8(2-1-7-12-8)10-5-3-9-4-6-10/h1,7,9,11H,2-6H2/t8-/m0/s1. The van der Waals surface area contributed by atoms with Crippen LogP contribution in [0.2, 0.25) is 0 Å². The Kier molecular flexibility index (Phi) is 2.04. The molecule has 2 aliphatic rings. The van der Waals surface area contributed by atoms with Gasteiger partial charge in [0.05, 0.1) is 12.7 Å². The van der Waals surface area contributed by atoms with Crippen molar-refractivity contribution in [3.8, 4) is 0 Å². The molecule has 4 heteroatoms. The van der Waals surface area contributed by atoms with Crippen LogP contribution in [0.25, 0.3) is 0 Å². The van der Waals surface area contributed by atoms with Crippen molar-refractivity contribution in [2.75, 3.05) is 26.2 Å². The van der Waals surface area contributed by atoms with E-state index in [0.29, 0.717) is 6.42 Å². The van der Waals surface area contributed by atoms with Crippen LogP contribution in [0.4, 0.5) is 0 Å². The minimum absolute atomic E-state index is 0.576. The summed E-state index contributed by atoms with van der Waals surface area (Å²) < 4.78 is 5.15. The zero-order chi connectivity index (χ0) is 8.44. The number of rotatable bonds is 1. The Labute approximate surface area is 71.8 Å². The topological polar surface area (TPSA) is 44.7 Å². The lowest BCUT2D eigenvalue weighted by Gasteiger charge is -2.37. The third-order valence-corrected chi connectivity index (χ3v) is 2.35. The monoisotopic (exact) mass is 170 g/mol. The van der Waals surface area contributed by atoms with Crippen molar-refractivity contribution in [1.82, 2.24) is 10.2 Å². The van der Waals surface area contributed by atoms with E-state index in [-0.39, 0.29) is 0 Å². The van der Waals surface area contributed by atoms with Crippen LogP contribution in [-0.2, 0) is 4.74 Å². The van der Waals surface area contributed by atoms with Crippen molar-refractivity contribution >= 4 is 0 Å². The first kappa shape index (κ1) is 8.04. The van der Waals surface area contributed by atoms with Crippen molar-refractivity contribution < 1.29 is 9.84 Å². The lowest BCUT2D eigenvalue weighted by atomic mass is 10.2. The first-order valence-electron chi connectivity index (χ1n) is 4.32. The average molecular weight is 170 g/mol. The van der Waals surface area contributed by atoms with Gasteiger partial charge in [0.2, 0.25) is 0 Å². The Morgan fingerprint density at radius 3 is 2.75 bits per heavy atom. The van der Waals surface area contributed by atoms with Gasteiger partial charge in [-0.15, -0.1) is 0 Å². The number of hydrogen-bond donors (Lipinski definition) is 2.